The number of aliphatic hydroxyl groups excluding tert-OH is 1. The van der Waals surface area contributed by atoms with Gasteiger partial charge in [0.2, 0.25) is 0 Å². The molecule has 18 heavy (non-hydrogen) atoms. The highest BCUT2D eigenvalue weighted by Crippen LogP contribution is 2.29. The van der Waals surface area contributed by atoms with Crippen molar-refractivity contribution in [2.45, 2.75) is 19.6 Å². The molecule has 1 aromatic carbocycles. The molecule has 1 N–H and O–H groups in total. The van der Waals surface area contributed by atoms with E-state index in [2.05, 4.69) is 34.2 Å². The van der Waals surface area contributed by atoms with Gasteiger partial charge in [0.15, 0.2) is 0 Å². The van der Waals surface area contributed by atoms with Gasteiger partial charge in [-0.15, -0.1) is 11.3 Å². The van der Waals surface area contributed by atoms with E-state index >= 15 is 0 Å². The van der Waals surface area contributed by atoms with Crippen molar-refractivity contribution in [2.75, 3.05) is 0 Å². The Morgan fingerprint density at radius 1 is 1.22 bits per heavy atom. The Morgan fingerprint density at radius 3 is 2.72 bits per heavy atom. The summed E-state index contributed by atoms with van der Waals surface area (Å²) in [4.78, 5) is 0. The number of aliphatic hydroxyl groups is 1. The van der Waals surface area contributed by atoms with Crippen LogP contribution in [0.15, 0.2) is 47.8 Å². The van der Waals surface area contributed by atoms with Gasteiger partial charge in [-0.05, 0) is 30.0 Å². The number of hydrogen-bond acceptors (Lipinski definition) is 2. The fourth-order valence-electron chi connectivity index (χ4n) is 2.29. The predicted octanol–water partition coefficient (Wildman–Crippen LogP) is 3.80. The second-order valence-corrected chi connectivity index (χ2v) is 5.43. The van der Waals surface area contributed by atoms with Crippen LogP contribution >= 0.6 is 11.3 Å². The average Bonchev–Trinajstić information content (AvgIpc) is 2.93. The van der Waals surface area contributed by atoms with Gasteiger partial charge >= 0.3 is 0 Å². The number of thiophene rings is 1. The molecular formula is C15H15NOS. The molecule has 0 fully saturated rings. The lowest BCUT2D eigenvalue weighted by atomic mass is 10.2. The Kier molecular flexibility index (Phi) is 2.94. The fourth-order valence-corrected chi connectivity index (χ4v) is 3.12. The Labute approximate surface area is 110 Å². The van der Waals surface area contributed by atoms with Crippen LogP contribution in [0.1, 0.15) is 24.3 Å². The second-order valence-electron chi connectivity index (χ2n) is 4.49. The molecule has 2 aromatic heterocycles. The first-order valence-corrected chi connectivity index (χ1v) is 6.92. The maximum absolute atomic E-state index is 9.89. The van der Waals surface area contributed by atoms with E-state index in [9.17, 15) is 5.11 Å². The SMILES string of the molecule is CC(O)c1cc2sccc2n1Cc1ccccc1. The van der Waals surface area contributed by atoms with Crippen LogP contribution in [0, 0.1) is 0 Å². The van der Waals surface area contributed by atoms with Gasteiger partial charge in [-0.3, -0.25) is 0 Å². The normalized spacial score (nSPS) is 13.0. The quantitative estimate of drug-likeness (QED) is 0.758. The van der Waals surface area contributed by atoms with E-state index in [-0.39, 0.29) is 0 Å². The summed E-state index contributed by atoms with van der Waals surface area (Å²) in [5.41, 5.74) is 3.45. The van der Waals surface area contributed by atoms with Crippen molar-refractivity contribution < 1.29 is 5.11 Å². The minimum Gasteiger partial charge on any atom is -0.387 e. The Morgan fingerprint density at radius 2 is 2.00 bits per heavy atom. The summed E-state index contributed by atoms with van der Waals surface area (Å²) >= 11 is 1.72. The van der Waals surface area contributed by atoms with Crippen LogP contribution < -0.4 is 0 Å². The topological polar surface area (TPSA) is 25.2 Å². The van der Waals surface area contributed by atoms with Crippen molar-refractivity contribution in [1.29, 1.82) is 0 Å². The smallest absolute Gasteiger partial charge is 0.0912 e. The molecule has 0 amide bonds. The molecule has 3 rings (SSSR count). The lowest BCUT2D eigenvalue weighted by Crippen LogP contribution is -2.06. The standard InChI is InChI=1S/C15H15NOS/c1-11(17)14-9-15-13(7-8-18-15)16(14)10-12-5-3-2-4-6-12/h2-9,11,17H,10H2,1H3. The molecule has 0 radical (unpaired) electrons. The highest BCUT2D eigenvalue weighted by atomic mass is 32.1. The van der Waals surface area contributed by atoms with E-state index in [1.807, 2.05) is 25.1 Å². The zero-order valence-electron chi connectivity index (χ0n) is 10.2. The zero-order chi connectivity index (χ0) is 12.5. The minimum absolute atomic E-state index is 0.437. The van der Waals surface area contributed by atoms with Crippen LogP contribution in [0.25, 0.3) is 10.2 Å². The highest BCUT2D eigenvalue weighted by molar-refractivity contribution is 7.17. The average molecular weight is 257 g/mol. The minimum atomic E-state index is -0.437. The molecule has 3 aromatic rings. The van der Waals surface area contributed by atoms with Crippen LogP contribution in [0.5, 0.6) is 0 Å². The largest absolute Gasteiger partial charge is 0.387 e. The second kappa shape index (κ2) is 4.59. The van der Waals surface area contributed by atoms with Crippen LogP contribution in [-0.2, 0) is 6.54 Å². The maximum Gasteiger partial charge on any atom is 0.0912 e. The first-order chi connectivity index (χ1) is 8.75. The molecule has 0 spiro atoms. The first-order valence-electron chi connectivity index (χ1n) is 6.04. The van der Waals surface area contributed by atoms with E-state index in [1.165, 1.54) is 15.8 Å². The maximum atomic E-state index is 9.89. The highest BCUT2D eigenvalue weighted by Gasteiger charge is 2.13. The van der Waals surface area contributed by atoms with Gasteiger partial charge in [-0.25, -0.2) is 0 Å². The number of rotatable bonds is 3. The van der Waals surface area contributed by atoms with Gasteiger partial charge in [0.05, 0.1) is 16.3 Å². The van der Waals surface area contributed by atoms with Crippen molar-refractivity contribution in [3.63, 3.8) is 0 Å². The van der Waals surface area contributed by atoms with Crippen molar-refractivity contribution in [2.24, 2.45) is 0 Å². The van der Waals surface area contributed by atoms with Gasteiger partial charge in [0.25, 0.3) is 0 Å². The molecule has 0 aliphatic heterocycles. The summed E-state index contributed by atoms with van der Waals surface area (Å²) in [7, 11) is 0. The zero-order valence-corrected chi connectivity index (χ0v) is 11.0. The van der Waals surface area contributed by atoms with Crippen molar-refractivity contribution >= 4 is 21.6 Å². The molecule has 2 nitrogen and oxygen atoms in total. The first kappa shape index (κ1) is 11.5. The number of nitrogens with zero attached hydrogens (tertiary/aromatic N) is 1. The molecule has 0 saturated heterocycles. The van der Waals surface area contributed by atoms with Gasteiger partial charge in [-0.2, -0.15) is 0 Å². The predicted molar refractivity (Wildman–Crippen MR) is 76.0 cm³/mol. The van der Waals surface area contributed by atoms with Crippen LogP contribution in [0.2, 0.25) is 0 Å². The Balaban J connectivity index is 2.08. The van der Waals surface area contributed by atoms with Crippen LogP contribution in [-0.4, -0.2) is 9.67 Å². The lowest BCUT2D eigenvalue weighted by molar-refractivity contribution is 0.190. The monoisotopic (exact) mass is 257 g/mol. The summed E-state index contributed by atoms with van der Waals surface area (Å²) in [6.07, 6.45) is -0.437. The summed E-state index contributed by atoms with van der Waals surface area (Å²) in [6, 6.07) is 14.6. The lowest BCUT2D eigenvalue weighted by Gasteiger charge is -2.12. The van der Waals surface area contributed by atoms with E-state index in [0.29, 0.717) is 0 Å². The van der Waals surface area contributed by atoms with E-state index in [1.54, 1.807) is 11.3 Å². The molecule has 0 aliphatic carbocycles. The number of hydrogen-bond donors (Lipinski definition) is 1. The third-order valence-electron chi connectivity index (χ3n) is 3.17. The summed E-state index contributed by atoms with van der Waals surface area (Å²) in [5.74, 6) is 0. The molecule has 2 heterocycles. The third-order valence-corrected chi connectivity index (χ3v) is 4.02. The summed E-state index contributed by atoms with van der Waals surface area (Å²) in [6.45, 7) is 2.63. The summed E-state index contributed by atoms with van der Waals surface area (Å²) in [5, 5.41) is 12.0. The molecule has 0 bridgehead atoms. The van der Waals surface area contributed by atoms with Gasteiger partial charge in [0, 0.05) is 12.2 Å². The van der Waals surface area contributed by atoms with Crippen molar-refractivity contribution in [3.8, 4) is 0 Å². The van der Waals surface area contributed by atoms with Crippen LogP contribution in [0.4, 0.5) is 0 Å². The Bertz CT molecular complexity index is 652. The van der Waals surface area contributed by atoms with Crippen molar-refractivity contribution in [3.05, 3.63) is 59.1 Å². The number of fused-ring (bicyclic) bond motifs is 1. The van der Waals surface area contributed by atoms with Gasteiger partial charge in [0.1, 0.15) is 0 Å². The summed E-state index contributed by atoms with van der Waals surface area (Å²) < 4.78 is 3.44. The molecule has 3 heteroatoms. The molecule has 0 aliphatic rings. The Hall–Kier alpha value is -1.58. The molecule has 1 unspecified atom stereocenters. The van der Waals surface area contributed by atoms with Crippen molar-refractivity contribution in [1.82, 2.24) is 4.57 Å². The molecular weight excluding hydrogens is 242 g/mol. The van der Waals surface area contributed by atoms with Gasteiger partial charge in [-0.1, -0.05) is 30.3 Å². The molecule has 92 valence electrons. The van der Waals surface area contributed by atoms with E-state index < -0.39 is 6.10 Å². The molecule has 0 saturated carbocycles. The fraction of sp³-hybridized carbons (Fsp3) is 0.200. The van der Waals surface area contributed by atoms with E-state index in [4.69, 9.17) is 0 Å². The number of aromatic nitrogens is 1. The molecule has 1 atom stereocenters. The number of benzene rings is 1. The van der Waals surface area contributed by atoms with Gasteiger partial charge < -0.3 is 9.67 Å². The third kappa shape index (κ3) is 1.96. The van der Waals surface area contributed by atoms with E-state index in [0.717, 1.165) is 12.2 Å². The van der Waals surface area contributed by atoms with Crippen LogP contribution in [0.3, 0.4) is 0 Å².